The molecule has 1 unspecified atom stereocenters. The second kappa shape index (κ2) is 15.8. The molecule has 2 heterocycles. The topological polar surface area (TPSA) is 111 Å². The minimum atomic E-state index is -1.54. The molecule has 2 aromatic carbocycles. The zero-order chi connectivity index (χ0) is 27.2. The quantitative estimate of drug-likeness (QED) is 0.458. The molecule has 0 radical (unpaired) electrons. The summed E-state index contributed by atoms with van der Waals surface area (Å²) in [7, 11) is 3.75. The summed E-state index contributed by atoms with van der Waals surface area (Å²) in [6.07, 6.45) is 0.255. The van der Waals surface area contributed by atoms with Crippen molar-refractivity contribution in [2.75, 3.05) is 45.7 Å². The number of nitrogens with one attached hydrogen (secondary N) is 2. The summed E-state index contributed by atoms with van der Waals surface area (Å²) in [5, 5.41) is 15.7. The minimum absolute atomic E-state index is 0.0508. The number of amides is 1. The van der Waals surface area contributed by atoms with Gasteiger partial charge in [0.05, 0.1) is 19.8 Å². The van der Waals surface area contributed by atoms with E-state index in [2.05, 4.69) is 27.7 Å². The fourth-order valence-corrected chi connectivity index (χ4v) is 3.82. The average Bonchev–Trinajstić information content (AvgIpc) is 3.25. The molecule has 1 saturated heterocycles. The smallest absolute Gasteiger partial charge is 0.257 e. The molecule has 10 heteroatoms. The Balaban J connectivity index is 0.000000616. The van der Waals surface area contributed by atoms with Crippen molar-refractivity contribution < 1.29 is 28.6 Å². The molecule has 1 atom stereocenters. The summed E-state index contributed by atoms with van der Waals surface area (Å²) >= 11 is 0. The Morgan fingerprint density at radius 2 is 1.70 bits per heavy atom. The van der Waals surface area contributed by atoms with E-state index in [-0.39, 0.29) is 18.4 Å². The van der Waals surface area contributed by atoms with Crippen LogP contribution in [0.1, 0.15) is 40.4 Å². The Labute approximate surface area is 217 Å². The first-order valence-corrected chi connectivity index (χ1v) is 12.3. The molecule has 4 rings (SSSR count). The highest BCUT2D eigenvalue weighted by atomic mass is 19.1. The van der Waals surface area contributed by atoms with Crippen LogP contribution in [0.15, 0.2) is 36.4 Å². The van der Waals surface area contributed by atoms with Gasteiger partial charge >= 0.3 is 0 Å². The largest absolute Gasteiger partial charge is 0.381 e. The number of nitrogens with zero attached hydrogens (tertiary/aromatic N) is 2. The van der Waals surface area contributed by atoms with Crippen molar-refractivity contribution in [3.8, 4) is 0 Å². The molecule has 0 aromatic heterocycles. The number of fused-ring (bicyclic) bond motifs is 1. The number of morpholine rings is 1. The third-order valence-electron chi connectivity index (χ3n) is 5.66. The van der Waals surface area contributed by atoms with E-state index in [4.69, 9.17) is 4.74 Å². The van der Waals surface area contributed by atoms with Crippen LogP contribution in [0.3, 0.4) is 0 Å². The zero-order valence-corrected chi connectivity index (χ0v) is 21.7. The number of aliphatic hydroxyl groups is 1. The van der Waals surface area contributed by atoms with E-state index >= 15 is 0 Å². The van der Waals surface area contributed by atoms with Gasteiger partial charge in [-0.1, -0.05) is 31.2 Å². The Morgan fingerprint density at radius 1 is 1.11 bits per heavy atom. The fourth-order valence-electron chi connectivity index (χ4n) is 3.82. The van der Waals surface area contributed by atoms with E-state index in [0.717, 1.165) is 55.7 Å². The normalized spacial score (nSPS) is 15.5. The van der Waals surface area contributed by atoms with Crippen molar-refractivity contribution >= 4 is 24.2 Å². The van der Waals surface area contributed by atoms with Crippen LogP contribution in [0, 0.1) is 5.82 Å². The molecule has 202 valence electrons. The molecule has 1 amide bonds. The van der Waals surface area contributed by atoms with Crippen LogP contribution < -0.4 is 10.6 Å². The maximum atomic E-state index is 14.1. The predicted molar refractivity (Wildman–Crippen MR) is 140 cm³/mol. The van der Waals surface area contributed by atoms with Gasteiger partial charge in [0.1, 0.15) is 12.1 Å². The number of anilines is 1. The minimum Gasteiger partial charge on any atom is -0.381 e. The Bertz CT molecular complexity index is 1010. The SMILES string of the molecule is CCC=O.CNC.O=CC(O)N1Cc2c(NCc3ccc(CN4CCOCC4)cc3)cc(F)cc2C1=O. The number of benzene rings is 2. The molecule has 0 saturated carbocycles. The number of aldehydes is 2. The zero-order valence-electron chi connectivity index (χ0n) is 21.7. The Hall–Kier alpha value is -3.18. The summed E-state index contributed by atoms with van der Waals surface area (Å²) in [4.78, 5) is 35.8. The maximum absolute atomic E-state index is 14.1. The van der Waals surface area contributed by atoms with Crippen molar-refractivity contribution in [1.82, 2.24) is 15.1 Å². The Kier molecular flexibility index (Phi) is 12.9. The molecule has 9 nitrogen and oxygen atoms in total. The third-order valence-corrected chi connectivity index (χ3v) is 5.66. The Morgan fingerprint density at radius 3 is 2.27 bits per heavy atom. The standard InChI is InChI=1S/C22H24FN3O4.C3H6O.C2H7N/c23-17-9-18-19(13-26(22(18)29)21(28)14-27)20(10-17)24-11-15-1-3-16(4-2-15)12-25-5-7-30-8-6-25;1-2-3-4;1-3-2/h1-4,9-10,14,21,24,28H,5-8,11-13H2;3H,2H2,1H3;3H,1-2H3. The van der Waals surface area contributed by atoms with Gasteiger partial charge in [-0.25, -0.2) is 4.39 Å². The van der Waals surface area contributed by atoms with Gasteiger partial charge in [-0.2, -0.15) is 0 Å². The van der Waals surface area contributed by atoms with Crippen molar-refractivity contribution in [3.63, 3.8) is 0 Å². The predicted octanol–water partition coefficient (Wildman–Crippen LogP) is 2.17. The van der Waals surface area contributed by atoms with E-state index in [1.807, 2.05) is 33.2 Å². The van der Waals surface area contributed by atoms with Gasteiger partial charge in [0.25, 0.3) is 5.91 Å². The highest BCUT2D eigenvalue weighted by Crippen LogP contribution is 2.31. The molecular weight excluding hydrogens is 479 g/mol. The fraction of sp³-hybridized carbons (Fsp3) is 0.444. The molecule has 37 heavy (non-hydrogen) atoms. The van der Waals surface area contributed by atoms with E-state index in [1.54, 1.807) is 0 Å². The first kappa shape index (κ1) is 30.0. The van der Waals surface area contributed by atoms with Gasteiger partial charge in [-0.15, -0.1) is 0 Å². The summed E-state index contributed by atoms with van der Waals surface area (Å²) in [6.45, 7) is 6.60. The lowest BCUT2D eigenvalue weighted by Crippen LogP contribution is -2.36. The molecule has 2 aliphatic rings. The first-order valence-electron chi connectivity index (χ1n) is 12.3. The van der Waals surface area contributed by atoms with Crippen molar-refractivity contribution in [3.05, 3.63) is 64.5 Å². The summed E-state index contributed by atoms with van der Waals surface area (Å²) in [5.41, 5.74) is 3.46. The maximum Gasteiger partial charge on any atom is 0.257 e. The number of halogens is 1. The van der Waals surface area contributed by atoms with E-state index < -0.39 is 18.0 Å². The van der Waals surface area contributed by atoms with E-state index in [0.29, 0.717) is 24.2 Å². The van der Waals surface area contributed by atoms with Crippen LogP contribution in [0.2, 0.25) is 0 Å². The van der Waals surface area contributed by atoms with Crippen LogP contribution in [-0.2, 0) is 34.0 Å². The average molecular weight is 517 g/mol. The van der Waals surface area contributed by atoms with Gasteiger partial charge in [-0.3, -0.25) is 14.5 Å². The van der Waals surface area contributed by atoms with Crippen LogP contribution in [0.25, 0.3) is 0 Å². The molecular formula is C27H37FN4O5. The van der Waals surface area contributed by atoms with Crippen LogP contribution in [-0.4, -0.2) is 80.0 Å². The summed E-state index contributed by atoms with van der Waals surface area (Å²) in [5.74, 6) is -1.10. The lowest BCUT2D eigenvalue weighted by atomic mass is 10.1. The van der Waals surface area contributed by atoms with Crippen LogP contribution in [0.4, 0.5) is 10.1 Å². The molecule has 2 aromatic rings. The van der Waals surface area contributed by atoms with Crippen molar-refractivity contribution in [2.24, 2.45) is 0 Å². The first-order chi connectivity index (χ1) is 17.9. The number of hydrogen-bond acceptors (Lipinski definition) is 8. The second-order valence-electron chi connectivity index (χ2n) is 8.60. The van der Waals surface area contributed by atoms with Gasteiger partial charge in [-0.05, 0) is 37.4 Å². The summed E-state index contributed by atoms with van der Waals surface area (Å²) < 4.78 is 19.4. The molecule has 0 aliphatic carbocycles. The van der Waals surface area contributed by atoms with Crippen molar-refractivity contribution in [1.29, 1.82) is 0 Å². The number of aliphatic hydroxyl groups excluding tert-OH is 1. The number of hydrogen-bond donors (Lipinski definition) is 3. The number of ether oxygens (including phenoxy) is 1. The lowest BCUT2D eigenvalue weighted by Gasteiger charge is -2.26. The van der Waals surface area contributed by atoms with Crippen LogP contribution >= 0.6 is 0 Å². The van der Waals surface area contributed by atoms with Gasteiger partial charge in [0.15, 0.2) is 12.5 Å². The van der Waals surface area contributed by atoms with Crippen LogP contribution in [0.5, 0.6) is 0 Å². The van der Waals surface area contributed by atoms with Gasteiger partial charge in [0, 0.05) is 49.4 Å². The van der Waals surface area contributed by atoms with Gasteiger partial charge in [0.2, 0.25) is 0 Å². The number of carbonyl (C=O) groups excluding carboxylic acids is 3. The molecule has 0 bridgehead atoms. The van der Waals surface area contributed by atoms with E-state index in [9.17, 15) is 23.9 Å². The monoisotopic (exact) mass is 516 g/mol. The second-order valence-corrected chi connectivity index (χ2v) is 8.60. The lowest BCUT2D eigenvalue weighted by molar-refractivity contribution is -0.121. The van der Waals surface area contributed by atoms with E-state index in [1.165, 1.54) is 11.6 Å². The summed E-state index contributed by atoms with van der Waals surface area (Å²) in [6, 6.07) is 10.7. The molecule has 0 spiro atoms. The van der Waals surface area contributed by atoms with Gasteiger partial charge < -0.3 is 30.2 Å². The molecule has 1 fully saturated rings. The third kappa shape index (κ3) is 9.01. The number of rotatable bonds is 8. The molecule has 2 aliphatic heterocycles. The highest BCUT2D eigenvalue weighted by Gasteiger charge is 2.34. The molecule has 3 N–H and O–H groups in total. The highest BCUT2D eigenvalue weighted by molar-refractivity contribution is 6.01. The van der Waals surface area contributed by atoms with Crippen molar-refractivity contribution in [2.45, 2.75) is 39.2 Å². The number of carbonyl (C=O) groups is 3.